The Bertz CT molecular complexity index is 1110. The van der Waals surface area contributed by atoms with Crippen molar-refractivity contribution in [1.82, 2.24) is 5.16 Å². The number of aromatic nitrogens is 1. The molecular weight excluding hydrogens is 462 g/mol. The van der Waals surface area contributed by atoms with Crippen LogP contribution >= 0.6 is 11.6 Å². The first-order chi connectivity index (χ1) is 16.7. The van der Waals surface area contributed by atoms with Gasteiger partial charge in [0.1, 0.15) is 11.5 Å². The van der Waals surface area contributed by atoms with E-state index >= 15 is 0 Å². The van der Waals surface area contributed by atoms with Gasteiger partial charge in [-0.25, -0.2) is 0 Å². The third kappa shape index (κ3) is 5.07. The highest BCUT2D eigenvalue weighted by Gasteiger charge is 2.48. The Morgan fingerprint density at radius 3 is 2.51 bits per heavy atom. The Morgan fingerprint density at radius 1 is 1.14 bits per heavy atom. The highest BCUT2D eigenvalue weighted by molar-refractivity contribution is 6.31. The van der Waals surface area contributed by atoms with Gasteiger partial charge in [-0.3, -0.25) is 9.59 Å². The van der Waals surface area contributed by atoms with Gasteiger partial charge >= 0.3 is 5.97 Å². The zero-order valence-electron chi connectivity index (χ0n) is 20.9. The van der Waals surface area contributed by atoms with Crippen molar-refractivity contribution in [2.45, 2.75) is 89.9 Å². The van der Waals surface area contributed by atoms with Crippen molar-refractivity contribution >= 4 is 23.4 Å². The summed E-state index contributed by atoms with van der Waals surface area (Å²) in [5.41, 5.74) is 3.92. The van der Waals surface area contributed by atoms with E-state index in [1.165, 1.54) is 12.0 Å². The predicted molar refractivity (Wildman–Crippen MR) is 135 cm³/mol. The Kier molecular flexibility index (Phi) is 6.82. The van der Waals surface area contributed by atoms with Gasteiger partial charge in [0.05, 0.1) is 11.6 Å². The minimum Gasteiger partial charge on any atom is -0.481 e. The molecule has 188 valence electrons. The number of hydrogen-bond acceptors (Lipinski definition) is 4. The van der Waals surface area contributed by atoms with E-state index in [4.69, 9.17) is 16.1 Å². The number of ketones is 1. The average molecular weight is 498 g/mol. The summed E-state index contributed by atoms with van der Waals surface area (Å²) >= 11 is 6.42. The average Bonchev–Trinajstić information content (AvgIpc) is 3.35. The number of nitrogens with zero attached hydrogens (tertiary/aromatic N) is 1. The van der Waals surface area contributed by atoms with Crippen molar-refractivity contribution < 1.29 is 19.2 Å². The highest BCUT2D eigenvalue weighted by atomic mass is 35.5. The van der Waals surface area contributed by atoms with Crippen molar-refractivity contribution in [3.05, 3.63) is 51.4 Å². The molecule has 3 atom stereocenters. The molecule has 0 amide bonds. The van der Waals surface area contributed by atoms with Gasteiger partial charge in [-0.15, -0.1) is 0 Å². The van der Waals surface area contributed by atoms with Crippen LogP contribution in [0.2, 0.25) is 5.02 Å². The molecular formula is C29H36ClNO4. The molecule has 1 aromatic carbocycles. The molecule has 3 aliphatic carbocycles. The van der Waals surface area contributed by atoms with Crippen LogP contribution in [0.15, 0.2) is 22.7 Å². The molecule has 0 saturated heterocycles. The largest absolute Gasteiger partial charge is 0.481 e. The molecule has 3 saturated carbocycles. The first-order valence-electron chi connectivity index (χ1n) is 13.2. The summed E-state index contributed by atoms with van der Waals surface area (Å²) in [6, 6.07) is 5.74. The summed E-state index contributed by atoms with van der Waals surface area (Å²) in [7, 11) is 0. The third-order valence-electron chi connectivity index (χ3n) is 8.43. The fourth-order valence-corrected chi connectivity index (χ4v) is 6.79. The van der Waals surface area contributed by atoms with Gasteiger partial charge in [0.2, 0.25) is 0 Å². The third-order valence-corrected chi connectivity index (χ3v) is 8.78. The number of carboxylic acid groups (broad SMARTS) is 1. The molecule has 1 N–H and O–H groups in total. The van der Waals surface area contributed by atoms with Crippen molar-refractivity contribution in [2.75, 3.05) is 0 Å². The monoisotopic (exact) mass is 497 g/mol. The molecule has 5 rings (SSSR count). The first kappa shape index (κ1) is 24.5. The second-order valence-electron chi connectivity index (χ2n) is 11.7. The standard InChI is InChI=1S/C29H36ClNO4/c1-15(2)8-17-10-20(11-17)28-26(18-6-7-18)27(31-35-28)23-13-21(29(33)34)12-22(23)25(32)14-19-5-4-16(3)9-24(19)30/h4-5,9,15,17-18,20-23H,6-8,10-14H2,1-3H3,(H,33,34)/t17?,20?,21?,22-,23-/m1/s1. The lowest BCUT2D eigenvalue weighted by molar-refractivity contribution is -0.141. The van der Waals surface area contributed by atoms with Crippen LogP contribution in [0.5, 0.6) is 0 Å². The maximum Gasteiger partial charge on any atom is 0.306 e. The molecule has 0 radical (unpaired) electrons. The van der Waals surface area contributed by atoms with Gasteiger partial charge in [-0.05, 0) is 86.8 Å². The molecule has 6 heteroatoms. The number of carboxylic acids is 1. The zero-order chi connectivity index (χ0) is 24.9. The summed E-state index contributed by atoms with van der Waals surface area (Å²) < 4.78 is 6.01. The van der Waals surface area contributed by atoms with Crippen LogP contribution < -0.4 is 0 Å². The van der Waals surface area contributed by atoms with Gasteiger partial charge in [0.25, 0.3) is 0 Å². The van der Waals surface area contributed by atoms with Gasteiger partial charge in [0.15, 0.2) is 0 Å². The number of Topliss-reactive ketones (excluding diaryl/α,β-unsaturated/α-hetero) is 1. The summed E-state index contributed by atoms with van der Waals surface area (Å²) in [5, 5.41) is 15.0. The van der Waals surface area contributed by atoms with E-state index < -0.39 is 11.9 Å². The van der Waals surface area contributed by atoms with E-state index in [9.17, 15) is 14.7 Å². The Labute approximate surface area is 212 Å². The number of aliphatic carboxylic acids is 1. The molecule has 0 bridgehead atoms. The van der Waals surface area contributed by atoms with Gasteiger partial charge in [-0.2, -0.15) is 0 Å². The van der Waals surface area contributed by atoms with Gasteiger partial charge < -0.3 is 9.63 Å². The maximum absolute atomic E-state index is 13.5. The van der Waals surface area contributed by atoms with E-state index in [1.807, 2.05) is 25.1 Å². The number of rotatable bonds is 9. The summed E-state index contributed by atoms with van der Waals surface area (Å²) in [6.07, 6.45) is 6.79. The Morgan fingerprint density at radius 2 is 1.89 bits per heavy atom. The molecule has 3 aliphatic rings. The summed E-state index contributed by atoms with van der Waals surface area (Å²) in [6.45, 7) is 6.52. The normalized spacial score (nSPS) is 28.3. The lowest BCUT2D eigenvalue weighted by atomic mass is 9.69. The highest BCUT2D eigenvalue weighted by Crippen LogP contribution is 2.55. The fourth-order valence-electron chi connectivity index (χ4n) is 6.49. The minimum absolute atomic E-state index is 0.0523. The lowest BCUT2D eigenvalue weighted by Gasteiger charge is -2.35. The molecule has 0 aliphatic heterocycles. The molecule has 3 fully saturated rings. The van der Waals surface area contributed by atoms with Gasteiger partial charge in [0, 0.05) is 34.8 Å². The lowest BCUT2D eigenvalue weighted by Crippen LogP contribution is -2.24. The van der Waals surface area contributed by atoms with Crippen LogP contribution in [0.3, 0.4) is 0 Å². The van der Waals surface area contributed by atoms with E-state index in [0.29, 0.717) is 35.6 Å². The Hall–Kier alpha value is -2.14. The molecule has 1 unspecified atom stereocenters. The second-order valence-corrected chi connectivity index (χ2v) is 12.1. The van der Waals surface area contributed by atoms with Crippen LogP contribution in [-0.4, -0.2) is 22.0 Å². The van der Waals surface area contributed by atoms with Gasteiger partial charge in [-0.1, -0.05) is 42.7 Å². The predicted octanol–water partition coefficient (Wildman–Crippen LogP) is 7.06. The zero-order valence-corrected chi connectivity index (χ0v) is 21.7. The van der Waals surface area contributed by atoms with Crippen LogP contribution in [0.25, 0.3) is 0 Å². The summed E-state index contributed by atoms with van der Waals surface area (Å²) in [4.78, 5) is 25.5. The summed E-state index contributed by atoms with van der Waals surface area (Å²) in [5.74, 6) is 1.44. The van der Waals surface area contributed by atoms with Crippen molar-refractivity contribution in [3.63, 3.8) is 0 Å². The fraction of sp³-hybridized carbons (Fsp3) is 0.621. The topological polar surface area (TPSA) is 80.4 Å². The smallest absolute Gasteiger partial charge is 0.306 e. The van der Waals surface area contributed by atoms with E-state index in [1.54, 1.807) is 0 Å². The molecule has 1 heterocycles. The van der Waals surface area contributed by atoms with Crippen molar-refractivity contribution in [3.8, 4) is 0 Å². The number of carbonyl (C=O) groups is 2. The number of carbonyl (C=O) groups excluding carboxylic acids is 1. The number of aryl methyl sites for hydroxylation is 1. The number of hydrogen-bond donors (Lipinski definition) is 1. The van der Waals surface area contributed by atoms with Crippen molar-refractivity contribution in [1.29, 1.82) is 0 Å². The molecule has 35 heavy (non-hydrogen) atoms. The van der Waals surface area contributed by atoms with Crippen molar-refractivity contribution in [2.24, 2.45) is 23.7 Å². The Balaban J connectivity index is 1.40. The number of halogens is 1. The SMILES string of the molecule is Cc1ccc(CC(=O)[C@@H]2CC(C(=O)O)C[C@H]2c2noc(C3CC(CC(C)C)C3)c2C2CC2)c(Cl)c1. The molecule has 2 aromatic rings. The van der Waals surface area contributed by atoms with E-state index in [0.717, 1.165) is 54.2 Å². The van der Waals surface area contributed by atoms with Crippen LogP contribution in [0, 0.1) is 30.6 Å². The maximum atomic E-state index is 13.5. The molecule has 1 aromatic heterocycles. The molecule has 5 nitrogen and oxygen atoms in total. The van der Waals surface area contributed by atoms with Crippen LogP contribution in [-0.2, 0) is 16.0 Å². The molecule has 0 spiro atoms. The minimum atomic E-state index is -0.828. The second kappa shape index (κ2) is 9.72. The van der Waals surface area contributed by atoms with E-state index in [2.05, 4.69) is 19.0 Å². The van der Waals surface area contributed by atoms with Crippen LogP contribution in [0.4, 0.5) is 0 Å². The van der Waals surface area contributed by atoms with E-state index in [-0.39, 0.29) is 24.0 Å². The number of benzene rings is 1. The first-order valence-corrected chi connectivity index (χ1v) is 13.6. The van der Waals surface area contributed by atoms with Crippen LogP contribution in [0.1, 0.15) is 105 Å². The quantitative estimate of drug-likeness (QED) is 0.401.